The van der Waals surface area contributed by atoms with Crippen LogP contribution in [0.15, 0.2) is 12.4 Å². The molecule has 0 fully saturated rings. The maximum Gasteiger partial charge on any atom is 0.490 e. The molecule has 0 aliphatic rings. The van der Waals surface area contributed by atoms with Crippen LogP contribution in [0, 0.1) is 0 Å². The smallest absolute Gasteiger partial charge is 0.481 e. The van der Waals surface area contributed by atoms with E-state index >= 15 is 0 Å². The van der Waals surface area contributed by atoms with Crippen LogP contribution in [0.5, 0.6) is 5.88 Å². The van der Waals surface area contributed by atoms with Crippen molar-refractivity contribution in [3.05, 3.63) is 18.1 Å². The maximum atomic E-state index is 11.8. The second kappa shape index (κ2) is 13.9. The van der Waals surface area contributed by atoms with Gasteiger partial charge in [-0.05, 0) is 13.8 Å². The lowest BCUT2D eigenvalue weighted by Crippen LogP contribution is -2.26. The minimum atomic E-state index is -5.08. The van der Waals surface area contributed by atoms with Crippen molar-refractivity contribution >= 4 is 39.4 Å². The van der Waals surface area contributed by atoms with Crippen molar-refractivity contribution in [1.29, 1.82) is 0 Å². The van der Waals surface area contributed by atoms with Crippen molar-refractivity contribution in [2.75, 3.05) is 18.1 Å². The second-order valence-corrected chi connectivity index (χ2v) is 7.96. The van der Waals surface area contributed by atoms with Crippen molar-refractivity contribution in [2.24, 2.45) is 0 Å². The molecule has 0 spiro atoms. The molecule has 0 bridgehead atoms. The molecule has 1 rings (SSSR count). The largest absolute Gasteiger partial charge is 0.490 e. The van der Waals surface area contributed by atoms with Gasteiger partial charge in [0.15, 0.2) is 0 Å². The van der Waals surface area contributed by atoms with Crippen LogP contribution in [-0.4, -0.2) is 68.4 Å². The van der Waals surface area contributed by atoms with Crippen LogP contribution in [0.3, 0.4) is 0 Å². The molecule has 9 nitrogen and oxygen atoms in total. The number of carbonyl (C=O) groups is 3. The summed E-state index contributed by atoms with van der Waals surface area (Å²) in [5.74, 6) is -2.22. The second-order valence-electron chi connectivity index (χ2n) is 5.25. The SMILES string of the molecule is CC(C)Oc1cnc(C(=O)NCCSSCCC(=O)O)cn1.O=C(O)C(F)(F)F. The van der Waals surface area contributed by atoms with Crippen LogP contribution in [0.1, 0.15) is 30.8 Å². The molecule has 0 aliphatic heterocycles. The molecule has 0 unspecified atom stereocenters. The number of carbonyl (C=O) groups excluding carboxylic acids is 1. The van der Waals surface area contributed by atoms with E-state index in [0.29, 0.717) is 23.9 Å². The fourth-order valence-electron chi connectivity index (χ4n) is 1.28. The van der Waals surface area contributed by atoms with Crippen molar-refractivity contribution < 1.29 is 42.5 Å². The van der Waals surface area contributed by atoms with Gasteiger partial charge in [0.25, 0.3) is 5.91 Å². The summed E-state index contributed by atoms with van der Waals surface area (Å²) in [6.07, 6.45) is -2.14. The van der Waals surface area contributed by atoms with Crippen LogP contribution in [0.2, 0.25) is 0 Å². The molecule has 1 aromatic rings. The van der Waals surface area contributed by atoms with E-state index in [1.165, 1.54) is 34.0 Å². The van der Waals surface area contributed by atoms with Crippen LogP contribution < -0.4 is 10.1 Å². The van der Waals surface area contributed by atoms with E-state index in [2.05, 4.69) is 15.3 Å². The molecule has 1 amide bonds. The lowest BCUT2D eigenvalue weighted by atomic mass is 10.4. The number of ether oxygens (including phenoxy) is 1. The molecule has 1 heterocycles. The summed E-state index contributed by atoms with van der Waals surface area (Å²) in [5.41, 5.74) is 0.236. The zero-order valence-electron chi connectivity index (χ0n) is 15.4. The summed E-state index contributed by atoms with van der Waals surface area (Å²) < 4.78 is 37.1. The van der Waals surface area contributed by atoms with Gasteiger partial charge in [-0.2, -0.15) is 13.2 Å². The first-order valence-electron chi connectivity index (χ1n) is 7.96. The number of aromatic nitrogens is 2. The van der Waals surface area contributed by atoms with Gasteiger partial charge >= 0.3 is 18.1 Å². The third-order valence-corrected chi connectivity index (χ3v) is 4.82. The Morgan fingerprint density at radius 3 is 2.17 bits per heavy atom. The molecule has 0 atom stereocenters. The number of amides is 1. The molecule has 3 N–H and O–H groups in total. The Kier molecular flexibility index (Phi) is 12.8. The standard InChI is InChI=1S/C13H19N3O4S2.C2HF3O2/c1-9(2)20-11-8-15-10(7-16-11)13(19)14-4-6-22-21-5-3-12(17)18;3-2(4,5)1(6)7/h7-9H,3-6H2,1-2H3,(H,14,19)(H,17,18);(H,6,7). The van der Waals surface area contributed by atoms with Gasteiger partial charge in [0.05, 0.1) is 24.9 Å². The fourth-order valence-corrected chi connectivity index (χ4v) is 3.17. The quantitative estimate of drug-likeness (QED) is 0.353. The van der Waals surface area contributed by atoms with E-state index in [0.717, 1.165) is 0 Å². The van der Waals surface area contributed by atoms with E-state index in [-0.39, 0.29) is 24.1 Å². The summed E-state index contributed by atoms with van der Waals surface area (Å²) in [5, 5.41) is 18.3. The van der Waals surface area contributed by atoms with Gasteiger partial charge in [0, 0.05) is 18.1 Å². The molecule has 164 valence electrons. The zero-order valence-corrected chi connectivity index (χ0v) is 17.1. The fraction of sp³-hybridized carbons (Fsp3) is 0.533. The number of carboxylic acids is 2. The number of hydrogen-bond acceptors (Lipinski definition) is 8. The normalized spacial score (nSPS) is 10.7. The predicted octanol–water partition coefficient (Wildman–Crippen LogP) is 2.48. The molecule has 14 heteroatoms. The monoisotopic (exact) mass is 459 g/mol. The summed E-state index contributed by atoms with van der Waals surface area (Å²) in [6, 6.07) is 0. The number of nitrogens with zero attached hydrogens (tertiary/aromatic N) is 2. The first-order chi connectivity index (χ1) is 13.4. The van der Waals surface area contributed by atoms with E-state index < -0.39 is 18.1 Å². The summed E-state index contributed by atoms with van der Waals surface area (Å²) in [4.78, 5) is 39.0. The van der Waals surface area contributed by atoms with Gasteiger partial charge in [-0.1, -0.05) is 21.6 Å². The summed E-state index contributed by atoms with van der Waals surface area (Å²) >= 11 is 0. The lowest BCUT2D eigenvalue weighted by molar-refractivity contribution is -0.192. The van der Waals surface area contributed by atoms with Gasteiger partial charge in [-0.15, -0.1) is 0 Å². The molecular formula is C15H20F3N3O6S2. The Morgan fingerprint density at radius 2 is 1.72 bits per heavy atom. The minimum Gasteiger partial charge on any atom is -0.481 e. The van der Waals surface area contributed by atoms with Crippen LogP contribution in [0.4, 0.5) is 13.2 Å². The number of alkyl halides is 3. The molecule has 0 aliphatic carbocycles. The van der Waals surface area contributed by atoms with Crippen LogP contribution >= 0.6 is 21.6 Å². The number of nitrogens with one attached hydrogen (secondary N) is 1. The van der Waals surface area contributed by atoms with E-state index in [1.807, 2.05) is 13.8 Å². The average Bonchev–Trinajstić information content (AvgIpc) is 2.60. The molecule has 0 saturated heterocycles. The highest BCUT2D eigenvalue weighted by Gasteiger charge is 2.38. The van der Waals surface area contributed by atoms with E-state index in [1.54, 1.807) is 0 Å². The molecule has 1 aromatic heterocycles. The maximum absolute atomic E-state index is 11.8. The molecule has 0 saturated carbocycles. The molecular weight excluding hydrogens is 439 g/mol. The number of carboxylic acid groups (broad SMARTS) is 2. The van der Waals surface area contributed by atoms with Gasteiger partial charge in [-0.3, -0.25) is 9.59 Å². The topological polar surface area (TPSA) is 139 Å². The molecule has 0 radical (unpaired) electrons. The van der Waals surface area contributed by atoms with Crippen molar-refractivity contribution in [3.8, 4) is 5.88 Å². The van der Waals surface area contributed by atoms with Crippen LogP contribution in [0.25, 0.3) is 0 Å². The van der Waals surface area contributed by atoms with Crippen molar-refractivity contribution in [1.82, 2.24) is 15.3 Å². The number of rotatable bonds is 10. The van der Waals surface area contributed by atoms with Crippen molar-refractivity contribution in [3.63, 3.8) is 0 Å². The van der Waals surface area contributed by atoms with Gasteiger partial charge in [0.2, 0.25) is 5.88 Å². The molecule has 0 aromatic carbocycles. The number of hydrogen-bond donors (Lipinski definition) is 3. The van der Waals surface area contributed by atoms with E-state index in [4.69, 9.17) is 19.7 Å². The predicted molar refractivity (Wildman–Crippen MR) is 101 cm³/mol. The zero-order chi connectivity index (χ0) is 22.4. The van der Waals surface area contributed by atoms with Gasteiger partial charge in [-0.25, -0.2) is 14.8 Å². The Hall–Kier alpha value is -2.22. The third-order valence-electron chi connectivity index (χ3n) is 2.41. The highest BCUT2D eigenvalue weighted by molar-refractivity contribution is 8.76. The third kappa shape index (κ3) is 14.4. The summed E-state index contributed by atoms with van der Waals surface area (Å²) in [6.45, 7) is 4.25. The Morgan fingerprint density at radius 1 is 1.14 bits per heavy atom. The average molecular weight is 459 g/mol. The van der Waals surface area contributed by atoms with Gasteiger partial charge in [0.1, 0.15) is 5.69 Å². The first-order valence-corrected chi connectivity index (χ1v) is 10.5. The summed E-state index contributed by atoms with van der Waals surface area (Å²) in [7, 11) is 3.00. The number of halogens is 3. The minimum absolute atomic E-state index is 0.00429. The first kappa shape index (κ1) is 26.8. The Balaban J connectivity index is 0.000000956. The Bertz CT molecular complexity index is 660. The lowest BCUT2D eigenvalue weighted by Gasteiger charge is -2.08. The molecule has 29 heavy (non-hydrogen) atoms. The van der Waals surface area contributed by atoms with Gasteiger partial charge < -0.3 is 20.3 Å². The highest BCUT2D eigenvalue weighted by Crippen LogP contribution is 2.21. The van der Waals surface area contributed by atoms with E-state index in [9.17, 15) is 22.8 Å². The highest BCUT2D eigenvalue weighted by atomic mass is 33.1. The number of aliphatic carboxylic acids is 2. The van der Waals surface area contributed by atoms with Crippen LogP contribution in [-0.2, 0) is 9.59 Å². The van der Waals surface area contributed by atoms with Crippen molar-refractivity contribution in [2.45, 2.75) is 32.5 Å². The Labute approximate surface area is 172 Å².